The number of piperazine rings is 1. The van der Waals surface area contributed by atoms with Gasteiger partial charge in [0.05, 0.1) is 13.0 Å². The number of carbonyl (C=O) groups excluding carboxylic acids is 3. The van der Waals surface area contributed by atoms with E-state index in [1.165, 1.54) is 0 Å². The fourth-order valence-corrected chi connectivity index (χ4v) is 3.88. The van der Waals surface area contributed by atoms with Gasteiger partial charge in [-0.3, -0.25) is 14.4 Å². The van der Waals surface area contributed by atoms with Crippen LogP contribution in [0.1, 0.15) is 19.3 Å². The SMILES string of the molecule is COc1ccc(N2C[C@H](C(=O)N3CCN(C(=O)C4CC4)CC3)CC2=O)cc1. The van der Waals surface area contributed by atoms with Crippen molar-refractivity contribution in [3.63, 3.8) is 0 Å². The molecule has 144 valence electrons. The van der Waals surface area contributed by atoms with E-state index in [-0.39, 0.29) is 36.0 Å². The lowest BCUT2D eigenvalue weighted by molar-refractivity contribution is -0.142. The highest BCUT2D eigenvalue weighted by atomic mass is 16.5. The van der Waals surface area contributed by atoms with E-state index < -0.39 is 0 Å². The van der Waals surface area contributed by atoms with Gasteiger partial charge in [0.2, 0.25) is 17.7 Å². The van der Waals surface area contributed by atoms with E-state index in [4.69, 9.17) is 4.74 Å². The Hall–Kier alpha value is -2.57. The minimum Gasteiger partial charge on any atom is -0.497 e. The third kappa shape index (κ3) is 3.63. The average Bonchev–Trinajstić information content (AvgIpc) is 3.49. The number of carbonyl (C=O) groups is 3. The molecule has 1 aliphatic carbocycles. The number of benzene rings is 1. The first-order valence-corrected chi connectivity index (χ1v) is 9.59. The zero-order valence-electron chi connectivity index (χ0n) is 15.6. The quantitative estimate of drug-likeness (QED) is 0.796. The lowest BCUT2D eigenvalue weighted by atomic mass is 10.1. The molecule has 3 aliphatic rings. The van der Waals surface area contributed by atoms with Gasteiger partial charge >= 0.3 is 0 Å². The van der Waals surface area contributed by atoms with Crippen molar-refractivity contribution >= 4 is 23.4 Å². The van der Waals surface area contributed by atoms with E-state index in [2.05, 4.69) is 0 Å². The normalized spacial score (nSPS) is 22.9. The number of ether oxygens (including phenoxy) is 1. The Kier molecular flexibility index (Phi) is 4.76. The highest BCUT2D eigenvalue weighted by molar-refractivity contribution is 6.00. The van der Waals surface area contributed by atoms with Crippen LogP contribution in [0.15, 0.2) is 24.3 Å². The molecule has 0 spiro atoms. The molecule has 4 rings (SSSR count). The maximum atomic E-state index is 12.9. The van der Waals surface area contributed by atoms with Crippen LogP contribution in [-0.2, 0) is 14.4 Å². The number of anilines is 1. The molecule has 3 amide bonds. The monoisotopic (exact) mass is 371 g/mol. The van der Waals surface area contributed by atoms with Gasteiger partial charge in [0, 0.05) is 50.7 Å². The summed E-state index contributed by atoms with van der Waals surface area (Å²) in [4.78, 5) is 42.8. The fourth-order valence-electron chi connectivity index (χ4n) is 3.88. The molecular weight excluding hydrogens is 346 g/mol. The molecular formula is C20H25N3O4. The molecule has 7 heteroatoms. The standard InChI is InChI=1S/C20H25N3O4/c1-27-17-6-4-16(5-7-17)23-13-15(12-18(23)24)20(26)22-10-8-21(9-11-22)19(25)14-2-3-14/h4-7,14-15H,2-3,8-13H2,1H3/t15-/m1/s1. The zero-order valence-corrected chi connectivity index (χ0v) is 15.6. The summed E-state index contributed by atoms with van der Waals surface area (Å²) < 4.78 is 5.15. The van der Waals surface area contributed by atoms with Crippen LogP contribution in [0.2, 0.25) is 0 Å². The minimum absolute atomic E-state index is 0.0258. The second-order valence-electron chi connectivity index (χ2n) is 7.53. The molecule has 1 aromatic rings. The third-order valence-electron chi connectivity index (χ3n) is 5.69. The molecule has 1 saturated carbocycles. The number of hydrogen-bond donors (Lipinski definition) is 0. The number of amides is 3. The Labute approximate surface area is 158 Å². The van der Waals surface area contributed by atoms with E-state index in [1.54, 1.807) is 12.0 Å². The zero-order chi connectivity index (χ0) is 19.0. The van der Waals surface area contributed by atoms with Crippen LogP contribution in [0.25, 0.3) is 0 Å². The van der Waals surface area contributed by atoms with E-state index in [0.717, 1.165) is 24.3 Å². The van der Waals surface area contributed by atoms with E-state index in [1.807, 2.05) is 34.1 Å². The number of rotatable bonds is 4. The van der Waals surface area contributed by atoms with Crippen LogP contribution in [-0.4, -0.2) is 67.4 Å². The summed E-state index contributed by atoms with van der Waals surface area (Å²) in [7, 11) is 1.60. The molecule has 2 aliphatic heterocycles. The van der Waals surface area contributed by atoms with Crippen molar-refractivity contribution in [2.75, 3.05) is 44.7 Å². The van der Waals surface area contributed by atoms with Crippen LogP contribution in [0.3, 0.4) is 0 Å². The Morgan fingerprint density at radius 2 is 1.48 bits per heavy atom. The summed E-state index contributed by atoms with van der Waals surface area (Å²) in [6.45, 7) is 2.73. The topological polar surface area (TPSA) is 70.2 Å². The second kappa shape index (κ2) is 7.21. The molecule has 1 atom stereocenters. The summed E-state index contributed by atoms with van der Waals surface area (Å²) in [5.41, 5.74) is 0.788. The molecule has 7 nitrogen and oxygen atoms in total. The van der Waals surface area contributed by atoms with Crippen LogP contribution >= 0.6 is 0 Å². The molecule has 3 fully saturated rings. The van der Waals surface area contributed by atoms with Crippen LogP contribution in [0, 0.1) is 11.8 Å². The van der Waals surface area contributed by atoms with Gasteiger partial charge in [0.1, 0.15) is 5.75 Å². The number of hydrogen-bond acceptors (Lipinski definition) is 4. The van der Waals surface area contributed by atoms with Crippen molar-refractivity contribution in [3.8, 4) is 5.75 Å². The molecule has 0 radical (unpaired) electrons. The van der Waals surface area contributed by atoms with E-state index in [9.17, 15) is 14.4 Å². The third-order valence-corrected chi connectivity index (χ3v) is 5.69. The van der Waals surface area contributed by atoms with Gasteiger partial charge in [0.25, 0.3) is 0 Å². The van der Waals surface area contributed by atoms with Crippen LogP contribution in [0.5, 0.6) is 5.75 Å². The second-order valence-corrected chi connectivity index (χ2v) is 7.53. The molecule has 0 unspecified atom stereocenters. The molecule has 0 aromatic heterocycles. The molecule has 1 aromatic carbocycles. The smallest absolute Gasteiger partial charge is 0.228 e. The summed E-state index contributed by atoms with van der Waals surface area (Å²) in [5, 5.41) is 0. The van der Waals surface area contributed by atoms with Gasteiger partial charge < -0.3 is 19.4 Å². The first-order chi connectivity index (χ1) is 13.1. The summed E-state index contributed by atoms with van der Waals surface area (Å²) in [6, 6.07) is 7.30. The van der Waals surface area contributed by atoms with Crippen molar-refractivity contribution in [3.05, 3.63) is 24.3 Å². The first-order valence-electron chi connectivity index (χ1n) is 9.59. The maximum absolute atomic E-state index is 12.9. The van der Waals surface area contributed by atoms with Gasteiger partial charge in [-0.05, 0) is 37.1 Å². The highest BCUT2D eigenvalue weighted by Crippen LogP contribution is 2.32. The van der Waals surface area contributed by atoms with Gasteiger partial charge in [-0.2, -0.15) is 0 Å². The van der Waals surface area contributed by atoms with Crippen LogP contribution < -0.4 is 9.64 Å². The van der Waals surface area contributed by atoms with Crippen molar-refractivity contribution in [2.45, 2.75) is 19.3 Å². The van der Waals surface area contributed by atoms with Crippen LogP contribution in [0.4, 0.5) is 5.69 Å². The number of methoxy groups -OCH3 is 1. The Bertz CT molecular complexity index is 736. The molecule has 0 N–H and O–H groups in total. The van der Waals surface area contributed by atoms with E-state index in [0.29, 0.717) is 32.7 Å². The lowest BCUT2D eigenvalue weighted by Crippen LogP contribution is -2.52. The Balaban J connectivity index is 1.34. The molecule has 2 heterocycles. The lowest BCUT2D eigenvalue weighted by Gasteiger charge is -2.36. The molecule has 0 bridgehead atoms. The van der Waals surface area contributed by atoms with Gasteiger partial charge in [0.15, 0.2) is 0 Å². The summed E-state index contributed by atoms with van der Waals surface area (Å²) >= 11 is 0. The van der Waals surface area contributed by atoms with E-state index >= 15 is 0 Å². The van der Waals surface area contributed by atoms with Gasteiger partial charge in [-0.1, -0.05) is 0 Å². The largest absolute Gasteiger partial charge is 0.497 e. The minimum atomic E-state index is -0.315. The predicted molar refractivity (Wildman–Crippen MR) is 99.3 cm³/mol. The molecule has 2 saturated heterocycles. The van der Waals surface area contributed by atoms with Gasteiger partial charge in [-0.15, -0.1) is 0 Å². The number of nitrogens with zero attached hydrogens (tertiary/aromatic N) is 3. The van der Waals surface area contributed by atoms with Crippen molar-refractivity contribution in [2.24, 2.45) is 11.8 Å². The van der Waals surface area contributed by atoms with Gasteiger partial charge in [-0.25, -0.2) is 0 Å². The van der Waals surface area contributed by atoms with Crippen molar-refractivity contribution in [1.82, 2.24) is 9.80 Å². The van der Waals surface area contributed by atoms with Crippen molar-refractivity contribution < 1.29 is 19.1 Å². The summed E-state index contributed by atoms with van der Waals surface area (Å²) in [6.07, 6.45) is 2.25. The Morgan fingerprint density at radius 3 is 2.00 bits per heavy atom. The summed E-state index contributed by atoms with van der Waals surface area (Å²) in [5.74, 6) is 0.877. The molecule has 27 heavy (non-hydrogen) atoms. The fraction of sp³-hybridized carbons (Fsp3) is 0.550. The maximum Gasteiger partial charge on any atom is 0.228 e. The van der Waals surface area contributed by atoms with Crippen molar-refractivity contribution in [1.29, 1.82) is 0 Å². The predicted octanol–water partition coefficient (Wildman–Crippen LogP) is 1.13. The Morgan fingerprint density at radius 1 is 0.926 bits per heavy atom. The first kappa shape index (κ1) is 17.8. The highest BCUT2D eigenvalue weighted by Gasteiger charge is 2.39. The average molecular weight is 371 g/mol.